The van der Waals surface area contributed by atoms with Crippen LogP contribution in [0.3, 0.4) is 0 Å². The van der Waals surface area contributed by atoms with Gasteiger partial charge in [0, 0.05) is 83.0 Å². The van der Waals surface area contributed by atoms with E-state index in [1.54, 1.807) is 171 Å². The molecule has 0 saturated carbocycles. The van der Waals surface area contributed by atoms with Crippen LogP contribution in [0.2, 0.25) is 0 Å². The lowest BCUT2D eigenvalue weighted by molar-refractivity contribution is -0.138. The van der Waals surface area contributed by atoms with Gasteiger partial charge in [-0.05, 0) is 272 Å². The third-order valence-electron chi connectivity index (χ3n) is 27.9. The average Bonchev–Trinajstić information content (AvgIpc) is 1.39. The highest BCUT2D eigenvalue weighted by molar-refractivity contribution is 5.92. The normalized spacial score (nSPS) is 18.8. The molecule has 0 spiro atoms. The molecule has 6 aliphatic heterocycles. The van der Waals surface area contributed by atoms with E-state index < -0.39 is 108 Å². The monoisotopic (exact) mass is 2030 g/mol. The molecule has 8 atom stereocenters. The lowest BCUT2D eigenvalue weighted by atomic mass is 9.89. The largest absolute Gasteiger partial charge is 0.496 e. The van der Waals surface area contributed by atoms with E-state index in [0.29, 0.717) is 121 Å². The number of aromatic nitrogens is 8. The van der Waals surface area contributed by atoms with E-state index >= 15 is 0 Å². The smallest absolute Gasteiger partial charge is 0.416 e. The Morgan fingerprint density at radius 3 is 1.06 bits per heavy atom. The zero-order valence-corrected chi connectivity index (χ0v) is 83.1. The summed E-state index contributed by atoms with van der Waals surface area (Å²) < 4.78 is 165. The molecule has 6 fully saturated rings. The molecule has 3 amide bonds. The highest BCUT2D eigenvalue weighted by Crippen LogP contribution is 2.49. The molecular weight excluding hydrogens is 1930 g/mol. The summed E-state index contributed by atoms with van der Waals surface area (Å²) in [5, 5.41) is 28.4. The molecule has 38 heteroatoms. The van der Waals surface area contributed by atoms with E-state index in [0.717, 1.165) is 106 Å². The summed E-state index contributed by atoms with van der Waals surface area (Å²) in [4.78, 5) is 117. The van der Waals surface area contributed by atoms with Crippen LogP contribution >= 0.6 is 0 Å². The molecule has 0 aliphatic carbocycles. The van der Waals surface area contributed by atoms with E-state index in [9.17, 15) is 83.6 Å². The number of anilines is 2. The molecule has 2 bridgehead atoms. The first-order chi connectivity index (χ1) is 70.1. The number of halogens is 9. The van der Waals surface area contributed by atoms with Gasteiger partial charge in [-0.25, -0.2) is 63.7 Å². The predicted octanol–water partition coefficient (Wildman–Crippen LogP) is 23.2. The summed E-state index contributed by atoms with van der Waals surface area (Å²) in [6.45, 7) is 23.3. The van der Waals surface area contributed by atoms with Gasteiger partial charge in [0.15, 0.2) is 0 Å². The Bertz CT molecular complexity index is 7420. The molecule has 19 rings (SSSR count). The number of benzene rings is 9. The van der Waals surface area contributed by atoms with Crippen LogP contribution in [0.15, 0.2) is 195 Å². The fourth-order valence-electron chi connectivity index (χ4n) is 19.9. The maximum atomic E-state index is 13.7. The molecule has 29 nitrogen and oxygen atoms in total. The maximum absolute atomic E-state index is 13.7. The molecule has 6 aliphatic rings. The number of carbonyl (C=O) groups excluding carboxylic acids is 3. The Morgan fingerprint density at radius 1 is 0.426 bits per heavy atom. The zero-order chi connectivity index (χ0) is 106. The number of aromatic carboxylic acids is 3. The van der Waals surface area contributed by atoms with Gasteiger partial charge in [0.25, 0.3) is 0 Å². The fraction of sp³-hybridized carbons (Fsp3) is 0.318. The number of cyclic esters (lactones) is 3. The highest BCUT2D eigenvalue weighted by atomic mass is 19.4. The second-order valence-electron chi connectivity index (χ2n) is 38.3. The molecule has 9 aromatic carbocycles. The van der Waals surface area contributed by atoms with Crippen molar-refractivity contribution >= 4 is 48.1 Å². The molecule has 6 saturated heterocycles. The number of fused-ring (bicyclic) bond motifs is 2. The van der Waals surface area contributed by atoms with Crippen molar-refractivity contribution in [3.63, 3.8) is 0 Å². The predicted molar refractivity (Wildman–Crippen MR) is 528 cm³/mol. The van der Waals surface area contributed by atoms with Gasteiger partial charge in [0.2, 0.25) is 17.8 Å². The topological polar surface area (TPSA) is 339 Å². The zero-order valence-electron chi connectivity index (χ0n) is 83.1. The first-order valence-electron chi connectivity index (χ1n) is 47.4. The van der Waals surface area contributed by atoms with E-state index in [2.05, 4.69) is 33.6 Å². The first-order valence-corrected chi connectivity index (χ1v) is 47.4. The number of carbonyl (C=O) groups is 6. The van der Waals surface area contributed by atoms with Crippen molar-refractivity contribution in [2.45, 2.75) is 188 Å². The fourth-order valence-corrected chi connectivity index (χ4v) is 19.9. The second-order valence-corrected chi connectivity index (χ2v) is 38.3. The number of alkyl halides is 9. The lowest BCUT2D eigenvalue weighted by Crippen LogP contribution is -2.56. The van der Waals surface area contributed by atoms with Gasteiger partial charge < -0.3 is 58.3 Å². The Labute approximate surface area is 844 Å². The van der Waals surface area contributed by atoms with Crippen LogP contribution < -0.4 is 24.0 Å². The molecule has 13 aromatic rings. The van der Waals surface area contributed by atoms with Gasteiger partial charge in [0.1, 0.15) is 41.4 Å². The van der Waals surface area contributed by atoms with Gasteiger partial charge in [-0.1, -0.05) is 71.3 Å². The van der Waals surface area contributed by atoms with Crippen molar-refractivity contribution in [1.82, 2.24) is 54.2 Å². The van der Waals surface area contributed by atoms with E-state index in [1.165, 1.54) is 27.9 Å². The molecule has 768 valence electrons. The Hall–Kier alpha value is -16.0. The van der Waals surface area contributed by atoms with Gasteiger partial charge in [-0.15, -0.1) is 0 Å². The molecular formula is C110H104F9N13O16. The number of rotatable bonds is 24. The number of nitrogens with zero attached hydrogens (tertiary/aromatic N) is 13. The summed E-state index contributed by atoms with van der Waals surface area (Å²) in [7, 11) is 4.62. The average molecular weight is 2040 g/mol. The number of morpholine rings is 1. The van der Waals surface area contributed by atoms with Crippen LogP contribution in [-0.2, 0) is 57.1 Å². The Balaban J connectivity index is 0.000000151. The number of methoxy groups -OCH3 is 3. The highest BCUT2D eigenvalue weighted by Gasteiger charge is 2.48. The van der Waals surface area contributed by atoms with Crippen molar-refractivity contribution in [2.75, 3.05) is 50.8 Å². The van der Waals surface area contributed by atoms with Crippen molar-refractivity contribution in [3.05, 3.63) is 301 Å². The van der Waals surface area contributed by atoms with Crippen LogP contribution in [0.5, 0.6) is 17.2 Å². The molecule has 4 aromatic heterocycles. The molecule has 148 heavy (non-hydrogen) atoms. The number of hydrogen-bond donors (Lipinski definition) is 3. The summed E-state index contributed by atoms with van der Waals surface area (Å²) in [6, 6.07) is 40.7. The van der Waals surface area contributed by atoms with Gasteiger partial charge in [0.05, 0.1) is 128 Å². The molecule has 2 unspecified atom stereocenters. The van der Waals surface area contributed by atoms with E-state index in [1.807, 2.05) is 69.3 Å². The minimum absolute atomic E-state index is 0.00666. The van der Waals surface area contributed by atoms with Crippen LogP contribution in [0.1, 0.15) is 187 Å². The summed E-state index contributed by atoms with van der Waals surface area (Å²) in [6.07, 6.45) is -8.28. The van der Waals surface area contributed by atoms with Crippen molar-refractivity contribution in [3.8, 4) is 90.0 Å². The Morgan fingerprint density at radius 2 is 0.770 bits per heavy atom. The van der Waals surface area contributed by atoms with Gasteiger partial charge >= 0.3 is 54.7 Å². The minimum atomic E-state index is -4.56. The number of amides is 3. The summed E-state index contributed by atoms with van der Waals surface area (Å²) in [5.74, 6) is 0.396. The third-order valence-corrected chi connectivity index (χ3v) is 27.9. The Kier molecular flexibility index (Phi) is 28.5. The quantitative estimate of drug-likeness (QED) is 0.0374. The SMILES string of the molecule is COc1ccc(-c2ccc(C(=O)O)cc2C)cc1-c1cnc(-n2ccnc2C)nc1CN1C(=O)O[C@H](c2cc(C)cc(C(F)(F)F)c2)[C@@H]1C.COc1ccc(-c2ccc(C(=O)O)cc2C)cc1-c1cnc(N2CC3CC2CO3)nc1CN1C(=O)O[C@H](c2cc(C)cc(C(F)(F)F)c2)[C@@H]1C.COc1ccc(-c2ccc(C(=O)O)cc2C)cc1-c1cnc(N2CCC2(C)C)nc1CN1C(=O)O[C@H](c2cc(C)cc(C(F)(F)F)c2)[C@@H]1C. The van der Waals surface area contributed by atoms with Crippen molar-refractivity contribution in [1.29, 1.82) is 0 Å². The second kappa shape index (κ2) is 40.8. The van der Waals surface area contributed by atoms with Crippen molar-refractivity contribution < 1.29 is 117 Å². The number of imidazole rings is 1. The van der Waals surface area contributed by atoms with Gasteiger partial charge in [-0.3, -0.25) is 19.3 Å². The van der Waals surface area contributed by atoms with Gasteiger partial charge in [-0.2, -0.15) is 39.5 Å². The maximum Gasteiger partial charge on any atom is 0.416 e. The van der Waals surface area contributed by atoms with Crippen LogP contribution in [0.25, 0.3) is 72.7 Å². The number of carboxylic acid groups (broad SMARTS) is 3. The minimum Gasteiger partial charge on any atom is -0.496 e. The molecule has 10 heterocycles. The molecule has 0 radical (unpaired) electrons. The lowest BCUT2D eigenvalue weighted by Gasteiger charge is -2.48. The third kappa shape index (κ3) is 21.1. The van der Waals surface area contributed by atoms with E-state index in [-0.39, 0.29) is 70.7 Å². The number of aryl methyl sites for hydroxylation is 7. The van der Waals surface area contributed by atoms with Crippen molar-refractivity contribution in [2.24, 2.45) is 0 Å². The number of carboxylic acids is 3. The number of hydrogen-bond acceptors (Lipinski definition) is 22. The summed E-state index contributed by atoms with van der Waals surface area (Å²) >= 11 is 0. The summed E-state index contributed by atoms with van der Waals surface area (Å²) in [5.41, 5.74) is 12.1. The molecule has 3 N–H and O–H groups in total. The van der Waals surface area contributed by atoms with Crippen LogP contribution in [0, 0.1) is 48.5 Å². The standard InChI is InChI=1S/C37H35F3N4O6.C37H37F3N4O5.C36H32F3N5O5/c1-19-9-24(12-25(10-19)37(38,39)40)33-21(3)43(36(47)50-33)17-31-30(15-41-35(42-31)44-16-27-14-26(44)18-49-27)29-13-22(6-8-32(29)48-4)28-7-5-23(34(45)46)11-20(28)2;1-20-13-25(16-26(14-20)37(38,39)40)32-22(3)43(35(47)49-32)19-30-29(18-41-34(42-30)44-12-11-36(44,4)5)28-17-23(8-10-31(28)48-6)27-9-7-24(33(45)46)15-21(27)2;1-19-12-25(15-26(13-19)36(37,38)39)32-21(3)44(35(47)49-32)18-30-29(17-41-34(42-30)43-11-10-40-22(43)4)28-16-23(7-9-31(28)48-5)27-8-6-24(33(45)46)14-20(27)2/h5-13,15,21,26-27,33H,14,16-18H2,1-4H3,(H,45,46);7-10,13-18,22,32H,11-12,19H2,1-6H3,(H,45,46);6-17,21,32H,18H2,1-5H3,(H,45,46)/t21-,26?,27?,33-;22-,32-;21-,32-/m000/s1. The van der Waals surface area contributed by atoms with E-state index in [4.69, 9.17) is 58.1 Å². The van der Waals surface area contributed by atoms with Crippen LogP contribution in [-0.4, -0.2) is 182 Å². The van der Waals surface area contributed by atoms with Crippen LogP contribution in [0.4, 0.5) is 65.8 Å². The first kappa shape index (κ1) is 103. The number of ether oxygens (including phenoxy) is 7.